The second kappa shape index (κ2) is 15.9. The quantitative estimate of drug-likeness (QED) is 0.164. The van der Waals surface area contributed by atoms with Crippen LogP contribution in [0.3, 0.4) is 0 Å². The number of hydrogen-bond donors (Lipinski definition) is 2. The highest BCUT2D eigenvalue weighted by Crippen LogP contribution is 2.19. The molecule has 1 aliphatic carbocycles. The molecular formula is C19H38IN3O3. The van der Waals surface area contributed by atoms with Gasteiger partial charge in [0.15, 0.2) is 5.96 Å². The van der Waals surface area contributed by atoms with Crippen molar-refractivity contribution in [2.75, 3.05) is 46.1 Å². The maximum absolute atomic E-state index is 5.99. The first kappa shape index (κ1) is 23.9. The predicted octanol–water partition coefficient (Wildman–Crippen LogP) is 3.09. The summed E-state index contributed by atoms with van der Waals surface area (Å²) in [6.45, 7) is 7.33. The summed E-state index contributed by atoms with van der Waals surface area (Å²) in [6, 6.07) is 0. The van der Waals surface area contributed by atoms with Crippen LogP contribution in [0.5, 0.6) is 0 Å². The van der Waals surface area contributed by atoms with Gasteiger partial charge in [-0.15, -0.1) is 24.0 Å². The van der Waals surface area contributed by atoms with E-state index in [4.69, 9.17) is 14.2 Å². The second-order valence-corrected chi connectivity index (χ2v) is 6.88. The van der Waals surface area contributed by atoms with Crippen molar-refractivity contribution < 1.29 is 14.2 Å². The van der Waals surface area contributed by atoms with Gasteiger partial charge in [-0.25, -0.2) is 0 Å². The summed E-state index contributed by atoms with van der Waals surface area (Å²) < 4.78 is 17.2. The van der Waals surface area contributed by atoms with Crippen LogP contribution in [0.2, 0.25) is 0 Å². The Morgan fingerprint density at radius 1 is 1.04 bits per heavy atom. The standard InChI is InChI=1S/C19H37N3O3.HI/c1-2-20-19(21-11-14-23-16-18-10-7-13-24-18)22-12-15-25-17-8-5-3-4-6-9-17;/h17-18H,2-16H2,1H3,(H2,20,21,22);1H. The van der Waals surface area contributed by atoms with Crippen LogP contribution in [-0.4, -0.2) is 64.2 Å². The Morgan fingerprint density at radius 2 is 1.85 bits per heavy atom. The van der Waals surface area contributed by atoms with Crippen molar-refractivity contribution in [2.45, 2.75) is 70.5 Å². The molecule has 1 saturated heterocycles. The molecule has 0 amide bonds. The zero-order chi connectivity index (χ0) is 17.6. The number of ether oxygens (including phenoxy) is 3. The summed E-state index contributed by atoms with van der Waals surface area (Å²) in [5, 5.41) is 6.58. The molecule has 1 saturated carbocycles. The molecule has 0 radical (unpaired) electrons. The van der Waals surface area contributed by atoms with E-state index in [0.717, 1.165) is 38.5 Å². The van der Waals surface area contributed by atoms with Gasteiger partial charge >= 0.3 is 0 Å². The van der Waals surface area contributed by atoms with Crippen molar-refractivity contribution >= 4 is 29.9 Å². The van der Waals surface area contributed by atoms with Crippen LogP contribution in [0.1, 0.15) is 58.3 Å². The third kappa shape index (κ3) is 10.9. The summed E-state index contributed by atoms with van der Waals surface area (Å²) in [5.74, 6) is 0.840. The fraction of sp³-hybridized carbons (Fsp3) is 0.947. The molecule has 0 spiro atoms. The van der Waals surface area contributed by atoms with Crippen LogP contribution in [-0.2, 0) is 14.2 Å². The van der Waals surface area contributed by atoms with E-state index in [0.29, 0.717) is 38.6 Å². The highest BCUT2D eigenvalue weighted by Gasteiger charge is 2.15. The highest BCUT2D eigenvalue weighted by atomic mass is 127. The van der Waals surface area contributed by atoms with Crippen LogP contribution in [0.15, 0.2) is 4.99 Å². The van der Waals surface area contributed by atoms with Crippen LogP contribution >= 0.6 is 24.0 Å². The summed E-state index contributed by atoms with van der Waals surface area (Å²) >= 11 is 0. The van der Waals surface area contributed by atoms with E-state index in [1.165, 1.54) is 38.5 Å². The van der Waals surface area contributed by atoms with Crippen LogP contribution in [0, 0.1) is 0 Å². The fourth-order valence-corrected chi connectivity index (χ4v) is 3.36. The number of nitrogens with zero attached hydrogens (tertiary/aromatic N) is 1. The molecule has 26 heavy (non-hydrogen) atoms. The van der Waals surface area contributed by atoms with Crippen molar-refractivity contribution in [1.29, 1.82) is 0 Å². The van der Waals surface area contributed by atoms with Crippen molar-refractivity contribution in [2.24, 2.45) is 4.99 Å². The number of halogens is 1. The summed E-state index contributed by atoms with van der Waals surface area (Å²) in [6.07, 6.45) is 10.8. The first-order valence-electron chi connectivity index (χ1n) is 10.2. The number of nitrogens with one attached hydrogen (secondary N) is 2. The van der Waals surface area contributed by atoms with Gasteiger partial charge in [0, 0.05) is 19.7 Å². The lowest BCUT2D eigenvalue weighted by molar-refractivity contribution is 0.0191. The molecule has 154 valence electrons. The molecule has 0 bridgehead atoms. The molecule has 1 heterocycles. The average Bonchev–Trinajstić information content (AvgIpc) is 3.00. The minimum absolute atomic E-state index is 0. The Balaban J connectivity index is 0.00000338. The van der Waals surface area contributed by atoms with E-state index < -0.39 is 0 Å². The Bertz CT molecular complexity index is 358. The van der Waals surface area contributed by atoms with Gasteiger partial charge in [0.25, 0.3) is 0 Å². The van der Waals surface area contributed by atoms with Gasteiger partial charge in [0.05, 0.1) is 38.6 Å². The summed E-state index contributed by atoms with van der Waals surface area (Å²) in [4.78, 5) is 4.59. The maximum atomic E-state index is 5.99. The number of rotatable bonds is 10. The predicted molar refractivity (Wildman–Crippen MR) is 117 cm³/mol. The van der Waals surface area contributed by atoms with Crippen molar-refractivity contribution in [3.05, 3.63) is 0 Å². The highest BCUT2D eigenvalue weighted by molar-refractivity contribution is 14.0. The molecular weight excluding hydrogens is 445 g/mol. The lowest BCUT2D eigenvalue weighted by Crippen LogP contribution is -2.39. The van der Waals surface area contributed by atoms with Gasteiger partial charge in [0.1, 0.15) is 0 Å². The second-order valence-electron chi connectivity index (χ2n) is 6.88. The molecule has 1 unspecified atom stereocenters. The lowest BCUT2D eigenvalue weighted by Gasteiger charge is -2.15. The Labute approximate surface area is 176 Å². The lowest BCUT2D eigenvalue weighted by atomic mass is 10.1. The first-order chi connectivity index (χ1) is 12.4. The fourth-order valence-electron chi connectivity index (χ4n) is 3.36. The van der Waals surface area contributed by atoms with Gasteiger partial charge in [-0.05, 0) is 32.6 Å². The Hall–Kier alpha value is -0.120. The molecule has 0 aromatic rings. The molecule has 0 aromatic heterocycles. The summed E-state index contributed by atoms with van der Waals surface area (Å²) in [7, 11) is 0. The zero-order valence-electron chi connectivity index (χ0n) is 16.3. The normalized spacial score (nSPS) is 21.9. The topological polar surface area (TPSA) is 64.1 Å². The zero-order valence-corrected chi connectivity index (χ0v) is 18.7. The third-order valence-corrected chi connectivity index (χ3v) is 4.73. The molecule has 1 aliphatic heterocycles. The largest absolute Gasteiger partial charge is 0.377 e. The minimum Gasteiger partial charge on any atom is -0.377 e. The van der Waals surface area contributed by atoms with Crippen molar-refractivity contribution in [3.8, 4) is 0 Å². The van der Waals surface area contributed by atoms with Crippen LogP contribution in [0.4, 0.5) is 0 Å². The molecule has 0 aromatic carbocycles. The van der Waals surface area contributed by atoms with E-state index in [2.05, 4.69) is 22.5 Å². The van der Waals surface area contributed by atoms with E-state index in [-0.39, 0.29) is 24.0 Å². The molecule has 1 atom stereocenters. The van der Waals surface area contributed by atoms with E-state index in [9.17, 15) is 0 Å². The van der Waals surface area contributed by atoms with Gasteiger partial charge < -0.3 is 24.8 Å². The van der Waals surface area contributed by atoms with Gasteiger partial charge in [-0.2, -0.15) is 0 Å². The van der Waals surface area contributed by atoms with E-state index in [1.807, 2.05) is 0 Å². The van der Waals surface area contributed by atoms with Crippen LogP contribution < -0.4 is 10.6 Å². The number of aliphatic imine (C=N–C) groups is 1. The smallest absolute Gasteiger partial charge is 0.191 e. The van der Waals surface area contributed by atoms with Gasteiger partial charge in [-0.1, -0.05) is 25.7 Å². The molecule has 2 aliphatic rings. The SMILES string of the molecule is CCNC(=NCCOC1CCCCCC1)NCCOCC1CCCO1.I. The van der Waals surface area contributed by atoms with Gasteiger partial charge in [-0.3, -0.25) is 4.99 Å². The van der Waals surface area contributed by atoms with Gasteiger partial charge in [0.2, 0.25) is 0 Å². The summed E-state index contributed by atoms with van der Waals surface area (Å²) in [5.41, 5.74) is 0. The molecule has 6 nitrogen and oxygen atoms in total. The Morgan fingerprint density at radius 3 is 2.54 bits per heavy atom. The molecule has 7 heteroatoms. The maximum Gasteiger partial charge on any atom is 0.191 e. The van der Waals surface area contributed by atoms with Crippen molar-refractivity contribution in [3.63, 3.8) is 0 Å². The van der Waals surface area contributed by atoms with E-state index in [1.54, 1.807) is 0 Å². The molecule has 2 fully saturated rings. The van der Waals surface area contributed by atoms with E-state index >= 15 is 0 Å². The third-order valence-electron chi connectivity index (χ3n) is 4.73. The number of guanidine groups is 1. The monoisotopic (exact) mass is 483 g/mol. The Kier molecular flexibility index (Phi) is 14.6. The van der Waals surface area contributed by atoms with Crippen molar-refractivity contribution in [1.82, 2.24) is 10.6 Å². The number of hydrogen-bond acceptors (Lipinski definition) is 4. The minimum atomic E-state index is 0. The average molecular weight is 483 g/mol. The molecule has 2 N–H and O–H groups in total. The first-order valence-corrected chi connectivity index (χ1v) is 10.2. The van der Waals surface area contributed by atoms with Crippen LogP contribution in [0.25, 0.3) is 0 Å². The molecule has 2 rings (SSSR count).